The molecule has 2 aromatic carbocycles. The lowest BCUT2D eigenvalue weighted by Crippen LogP contribution is -2.43. The SMILES string of the molecule is CC(C)(C)S(=O)(=O)NC(=O)c1c(-c2ccc[nH]c2=O)c2c3ccccc3ccc2n1Cc1ccnc(N)c1. The number of aromatic amines is 1. The Balaban J connectivity index is 1.91. The van der Waals surface area contributed by atoms with Gasteiger partial charge in [0.25, 0.3) is 11.5 Å². The molecule has 194 valence electrons. The van der Waals surface area contributed by atoms with E-state index in [1.807, 2.05) is 36.4 Å². The highest BCUT2D eigenvalue weighted by Gasteiger charge is 2.34. The van der Waals surface area contributed by atoms with E-state index in [0.717, 1.165) is 16.3 Å². The third-order valence-corrected chi connectivity index (χ3v) is 8.54. The summed E-state index contributed by atoms with van der Waals surface area (Å²) in [7, 11) is -4.06. The zero-order valence-electron chi connectivity index (χ0n) is 21.1. The Hall–Kier alpha value is -4.44. The van der Waals surface area contributed by atoms with Crippen molar-refractivity contribution in [1.29, 1.82) is 0 Å². The minimum Gasteiger partial charge on any atom is -0.384 e. The molecule has 0 bridgehead atoms. The van der Waals surface area contributed by atoms with E-state index in [1.165, 1.54) is 27.0 Å². The van der Waals surface area contributed by atoms with Crippen molar-refractivity contribution in [2.75, 3.05) is 5.73 Å². The lowest BCUT2D eigenvalue weighted by molar-refractivity contribution is 0.0973. The Morgan fingerprint density at radius 1 is 1.08 bits per heavy atom. The number of hydrogen-bond acceptors (Lipinski definition) is 6. The number of H-pyrrole nitrogens is 1. The van der Waals surface area contributed by atoms with Gasteiger partial charge in [-0.15, -0.1) is 0 Å². The van der Waals surface area contributed by atoms with Crippen LogP contribution in [0.5, 0.6) is 0 Å². The molecule has 10 heteroatoms. The van der Waals surface area contributed by atoms with Crippen LogP contribution in [0.2, 0.25) is 0 Å². The minimum absolute atomic E-state index is 0.0521. The minimum atomic E-state index is -4.06. The molecule has 0 unspecified atom stereocenters. The van der Waals surface area contributed by atoms with Gasteiger partial charge in [-0.1, -0.05) is 30.3 Å². The molecule has 0 spiro atoms. The number of fused-ring (bicyclic) bond motifs is 3. The van der Waals surface area contributed by atoms with Gasteiger partial charge in [0.05, 0.1) is 10.3 Å². The van der Waals surface area contributed by atoms with Gasteiger partial charge in [0.2, 0.25) is 10.0 Å². The smallest absolute Gasteiger partial charge is 0.282 e. The molecule has 0 aliphatic rings. The van der Waals surface area contributed by atoms with Gasteiger partial charge >= 0.3 is 0 Å². The van der Waals surface area contributed by atoms with E-state index in [9.17, 15) is 18.0 Å². The van der Waals surface area contributed by atoms with Crippen molar-refractivity contribution in [3.63, 3.8) is 0 Å². The molecule has 4 N–H and O–H groups in total. The molecule has 0 fully saturated rings. The van der Waals surface area contributed by atoms with Crippen molar-refractivity contribution in [3.05, 3.63) is 94.7 Å². The van der Waals surface area contributed by atoms with Gasteiger partial charge in [0.15, 0.2) is 0 Å². The Labute approximate surface area is 219 Å². The molecule has 9 nitrogen and oxygen atoms in total. The van der Waals surface area contributed by atoms with Crippen molar-refractivity contribution >= 4 is 43.4 Å². The molecule has 0 aliphatic carbocycles. The van der Waals surface area contributed by atoms with E-state index in [4.69, 9.17) is 5.73 Å². The number of sulfonamides is 1. The number of carbonyl (C=O) groups is 1. The van der Waals surface area contributed by atoms with Gasteiger partial charge in [-0.05, 0) is 67.4 Å². The Kier molecular flexibility index (Phi) is 6.07. The van der Waals surface area contributed by atoms with Crippen LogP contribution in [0.25, 0.3) is 32.8 Å². The lowest BCUT2D eigenvalue weighted by atomic mass is 9.98. The monoisotopic (exact) mass is 529 g/mol. The summed E-state index contributed by atoms with van der Waals surface area (Å²) in [5, 5.41) is 2.40. The zero-order chi connectivity index (χ0) is 27.2. The maximum absolute atomic E-state index is 13.9. The van der Waals surface area contributed by atoms with Crippen LogP contribution in [0.15, 0.2) is 77.9 Å². The molecule has 5 aromatic rings. The summed E-state index contributed by atoms with van der Waals surface area (Å²) in [6, 6.07) is 18.2. The molecule has 5 rings (SSSR count). The number of benzene rings is 2. The number of pyridine rings is 2. The maximum Gasteiger partial charge on any atom is 0.282 e. The molecule has 0 saturated carbocycles. The van der Waals surface area contributed by atoms with E-state index < -0.39 is 26.2 Å². The summed E-state index contributed by atoms with van der Waals surface area (Å²) in [6.07, 6.45) is 3.07. The normalized spacial score (nSPS) is 12.2. The number of aromatic nitrogens is 3. The van der Waals surface area contributed by atoms with E-state index in [1.54, 1.807) is 35.0 Å². The van der Waals surface area contributed by atoms with Gasteiger partial charge < -0.3 is 15.3 Å². The van der Waals surface area contributed by atoms with E-state index in [0.29, 0.717) is 22.3 Å². The fourth-order valence-electron chi connectivity index (χ4n) is 4.50. The first-order valence-corrected chi connectivity index (χ1v) is 13.5. The second-order valence-corrected chi connectivity index (χ2v) is 12.5. The number of carbonyl (C=O) groups excluding carboxylic acids is 1. The first kappa shape index (κ1) is 25.2. The number of nitrogen functional groups attached to an aromatic ring is 1. The van der Waals surface area contributed by atoms with E-state index in [-0.39, 0.29) is 17.8 Å². The van der Waals surface area contributed by atoms with Crippen LogP contribution < -0.4 is 16.0 Å². The number of nitrogens with zero attached hydrogens (tertiary/aromatic N) is 2. The molecule has 3 aromatic heterocycles. The van der Waals surface area contributed by atoms with Crippen LogP contribution in [0.4, 0.5) is 5.82 Å². The predicted molar refractivity (Wildman–Crippen MR) is 149 cm³/mol. The van der Waals surface area contributed by atoms with Gasteiger partial charge in [0, 0.05) is 35.5 Å². The average molecular weight is 530 g/mol. The van der Waals surface area contributed by atoms with E-state index >= 15 is 0 Å². The molecular formula is C28H27N5O4S. The second-order valence-electron chi connectivity index (χ2n) is 10.0. The lowest BCUT2D eigenvalue weighted by Gasteiger charge is -2.20. The summed E-state index contributed by atoms with van der Waals surface area (Å²) >= 11 is 0. The maximum atomic E-state index is 13.9. The largest absolute Gasteiger partial charge is 0.384 e. The topological polar surface area (TPSA) is 140 Å². The highest BCUT2D eigenvalue weighted by molar-refractivity contribution is 7.91. The number of amides is 1. The standard InChI is InChI=1S/C28H27N5O4S/c1-28(2,3)38(36,37)32-27(35)25-24(20-9-6-13-31-26(20)34)23-19-8-5-4-7-18(19)10-11-21(23)33(25)16-17-12-14-30-22(29)15-17/h4-15H,16H2,1-3H3,(H2,29,30)(H,31,34)(H,32,35). The van der Waals surface area contributed by atoms with Gasteiger partial charge in [-0.3, -0.25) is 9.59 Å². The van der Waals surface area contributed by atoms with Crippen LogP contribution in [0, 0.1) is 0 Å². The molecular weight excluding hydrogens is 502 g/mol. The summed E-state index contributed by atoms with van der Waals surface area (Å²) in [4.78, 5) is 33.8. The van der Waals surface area contributed by atoms with Crippen molar-refractivity contribution in [3.8, 4) is 11.1 Å². The van der Waals surface area contributed by atoms with Crippen LogP contribution >= 0.6 is 0 Å². The van der Waals surface area contributed by atoms with Gasteiger partial charge in [-0.2, -0.15) is 0 Å². The fourth-order valence-corrected chi connectivity index (χ4v) is 5.15. The highest BCUT2D eigenvalue weighted by Crippen LogP contribution is 2.39. The molecule has 0 atom stereocenters. The highest BCUT2D eigenvalue weighted by atomic mass is 32.2. The van der Waals surface area contributed by atoms with Crippen LogP contribution in [-0.2, 0) is 16.6 Å². The third-order valence-electron chi connectivity index (χ3n) is 6.48. The third kappa shape index (κ3) is 4.32. The summed E-state index contributed by atoms with van der Waals surface area (Å²) in [5.41, 5.74) is 7.59. The summed E-state index contributed by atoms with van der Waals surface area (Å²) in [6.45, 7) is 4.71. The number of nitrogens with two attached hydrogens (primary N) is 1. The number of rotatable bonds is 5. The number of hydrogen-bond donors (Lipinski definition) is 3. The molecule has 1 amide bonds. The molecule has 0 aliphatic heterocycles. The van der Waals surface area contributed by atoms with Gasteiger partial charge in [-0.25, -0.2) is 18.1 Å². The van der Waals surface area contributed by atoms with Crippen LogP contribution in [0.1, 0.15) is 36.8 Å². The second kappa shape index (κ2) is 9.14. The average Bonchev–Trinajstić information content (AvgIpc) is 3.18. The first-order valence-electron chi connectivity index (χ1n) is 12.0. The quantitative estimate of drug-likeness (QED) is 0.314. The van der Waals surface area contributed by atoms with Crippen molar-refractivity contribution in [2.45, 2.75) is 32.1 Å². The molecule has 0 radical (unpaired) electrons. The van der Waals surface area contributed by atoms with E-state index in [2.05, 4.69) is 14.7 Å². The zero-order valence-corrected chi connectivity index (χ0v) is 22.0. The molecule has 3 heterocycles. The Morgan fingerprint density at radius 3 is 2.55 bits per heavy atom. The summed E-state index contributed by atoms with van der Waals surface area (Å²) in [5.74, 6) is -0.522. The summed E-state index contributed by atoms with van der Waals surface area (Å²) < 4.78 is 28.9. The Morgan fingerprint density at radius 2 is 1.84 bits per heavy atom. The number of nitrogens with one attached hydrogen (secondary N) is 2. The molecule has 0 saturated heterocycles. The fraction of sp³-hybridized carbons (Fsp3) is 0.179. The number of anilines is 1. The van der Waals surface area contributed by atoms with Crippen molar-refractivity contribution < 1.29 is 13.2 Å². The van der Waals surface area contributed by atoms with Crippen molar-refractivity contribution in [2.24, 2.45) is 0 Å². The van der Waals surface area contributed by atoms with Gasteiger partial charge in [0.1, 0.15) is 11.5 Å². The van der Waals surface area contributed by atoms with Crippen molar-refractivity contribution in [1.82, 2.24) is 19.3 Å². The molecule has 38 heavy (non-hydrogen) atoms. The van der Waals surface area contributed by atoms with Crippen LogP contribution in [-0.4, -0.2) is 33.6 Å². The van der Waals surface area contributed by atoms with Crippen LogP contribution in [0.3, 0.4) is 0 Å². The predicted octanol–water partition coefficient (Wildman–Crippen LogP) is 4.03. The Bertz CT molecular complexity index is 1880. The first-order chi connectivity index (χ1) is 18.0.